The molecule has 0 amide bonds. The van der Waals surface area contributed by atoms with Crippen molar-refractivity contribution in [3.63, 3.8) is 0 Å². The first kappa shape index (κ1) is 14.2. The van der Waals surface area contributed by atoms with Gasteiger partial charge < -0.3 is 10.1 Å². The number of amidine groups is 1. The quantitative estimate of drug-likeness (QED) is 0.856. The summed E-state index contributed by atoms with van der Waals surface area (Å²) in [7, 11) is 0. The first-order valence-electron chi connectivity index (χ1n) is 7.09. The molecule has 0 aromatic rings. The first-order chi connectivity index (χ1) is 8.53. The molecule has 2 rings (SSSR count). The summed E-state index contributed by atoms with van der Waals surface area (Å²) >= 11 is 1.91. The predicted molar refractivity (Wildman–Crippen MR) is 79.3 cm³/mol. The average molecular weight is 270 g/mol. The van der Waals surface area contributed by atoms with Gasteiger partial charge in [0, 0.05) is 18.4 Å². The summed E-state index contributed by atoms with van der Waals surface area (Å²) in [5.41, 5.74) is 0.398. The maximum Gasteiger partial charge on any atom is 0.157 e. The fourth-order valence-corrected chi connectivity index (χ4v) is 3.84. The molecule has 0 bridgehead atoms. The van der Waals surface area contributed by atoms with Crippen molar-refractivity contribution >= 4 is 16.9 Å². The normalized spacial score (nSPS) is 29.2. The van der Waals surface area contributed by atoms with Crippen molar-refractivity contribution in [3.05, 3.63) is 0 Å². The van der Waals surface area contributed by atoms with Gasteiger partial charge in [0.05, 0.1) is 12.6 Å². The van der Waals surface area contributed by atoms with E-state index in [1.807, 2.05) is 11.8 Å². The summed E-state index contributed by atoms with van der Waals surface area (Å²) in [6.07, 6.45) is 5.34. The van der Waals surface area contributed by atoms with Crippen LogP contribution in [0.5, 0.6) is 0 Å². The van der Waals surface area contributed by atoms with Crippen LogP contribution in [-0.4, -0.2) is 36.2 Å². The second kappa shape index (κ2) is 6.29. The molecule has 2 aliphatic rings. The van der Waals surface area contributed by atoms with Gasteiger partial charge in [0.25, 0.3) is 0 Å². The summed E-state index contributed by atoms with van der Waals surface area (Å²) in [5.74, 6) is 0. The van der Waals surface area contributed by atoms with Crippen LogP contribution in [0.3, 0.4) is 0 Å². The Labute approximate surface area is 115 Å². The Balaban J connectivity index is 1.66. The lowest BCUT2D eigenvalue weighted by atomic mass is 9.90. The molecule has 0 radical (unpaired) electrons. The summed E-state index contributed by atoms with van der Waals surface area (Å²) in [4.78, 5) is 4.60. The van der Waals surface area contributed by atoms with Crippen molar-refractivity contribution in [2.45, 2.75) is 57.8 Å². The number of thioether (sulfide) groups is 1. The van der Waals surface area contributed by atoms with Gasteiger partial charge >= 0.3 is 0 Å². The largest absolute Gasteiger partial charge is 0.376 e. The van der Waals surface area contributed by atoms with Crippen LogP contribution in [0.25, 0.3) is 0 Å². The molecule has 104 valence electrons. The van der Waals surface area contributed by atoms with Crippen molar-refractivity contribution in [1.29, 1.82) is 0 Å². The van der Waals surface area contributed by atoms with E-state index in [9.17, 15) is 0 Å². The highest BCUT2D eigenvalue weighted by atomic mass is 32.2. The molecule has 2 atom stereocenters. The Morgan fingerprint density at radius 2 is 2.22 bits per heavy atom. The fraction of sp³-hybridized carbons (Fsp3) is 0.929. The van der Waals surface area contributed by atoms with Crippen molar-refractivity contribution in [2.24, 2.45) is 10.4 Å². The minimum Gasteiger partial charge on any atom is -0.376 e. The van der Waals surface area contributed by atoms with Gasteiger partial charge in [0.1, 0.15) is 0 Å². The molecule has 1 N–H and O–H groups in total. The molecule has 0 aliphatic carbocycles. The monoisotopic (exact) mass is 270 g/mol. The van der Waals surface area contributed by atoms with Gasteiger partial charge in [-0.15, -0.1) is 0 Å². The van der Waals surface area contributed by atoms with Crippen LogP contribution in [0, 0.1) is 5.41 Å². The van der Waals surface area contributed by atoms with Gasteiger partial charge in [-0.25, -0.2) is 0 Å². The third-order valence-electron chi connectivity index (χ3n) is 3.31. The Bertz CT molecular complexity index is 293. The van der Waals surface area contributed by atoms with Crippen molar-refractivity contribution < 1.29 is 4.74 Å². The zero-order valence-electron chi connectivity index (χ0n) is 11.9. The molecule has 3 nitrogen and oxygen atoms in total. The standard InChI is InChI=1S/C14H26N2OS/c1-14(2,3)8-12-10-16-13(18-12)15-9-11-6-4-5-7-17-11/h11-12H,4-10H2,1-3H3,(H,15,16). The van der Waals surface area contributed by atoms with Crippen LogP contribution < -0.4 is 5.32 Å². The van der Waals surface area contributed by atoms with Crippen LogP contribution in [0.1, 0.15) is 46.5 Å². The van der Waals surface area contributed by atoms with E-state index in [4.69, 9.17) is 4.74 Å². The molecule has 1 fully saturated rings. The fourth-order valence-electron chi connectivity index (χ4n) is 2.47. The summed E-state index contributed by atoms with van der Waals surface area (Å²) in [6.45, 7) is 9.72. The third-order valence-corrected chi connectivity index (χ3v) is 4.46. The highest BCUT2D eigenvalue weighted by Crippen LogP contribution is 2.31. The highest BCUT2D eigenvalue weighted by molar-refractivity contribution is 8.14. The Hall–Kier alpha value is -0.220. The van der Waals surface area contributed by atoms with E-state index in [0.29, 0.717) is 16.8 Å². The van der Waals surface area contributed by atoms with E-state index in [1.54, 1.807) is 0 Å². The van der Waals surface area contributed by atoms with Gasteiger partial charge in [-0.1, -0.05) is 32.5 Å². The molecule has 0 spiro atoms. The van der Waals surface area contributed by atoms with Gasteiger partial charge in [0.2, 0.25) is 0 Å². The molecule has 2 aliphatic heterocycles. The number of rotatable bonds is 3. The van der Waals surface area contributed by atoms with Crippen LogP contribution in [0.15, 0.2) is 4.99 Å². The maximum atomic E-state index is 5.72. The SMILES string of the molecule is CC(C)(C)CC1CN=C(NCC2CCCCO2)S1. The molecule has 0 aromatic carbocycles. The smallest absolute Gasteiger partial charge is 0.157 e. The first-order valence-corrected chi connectivity index (χ1v) is 7.97. The lowest BCUT2D eigenvalue weighted by Crippen LogP contribution is -2.34. The topological polar surface area (TPSA) is 33.6 Å². The molecular weight excluding hydrogens is 244 g/mol. The van der Waals surface area contributed by atoms with E-state index < -0.39 is 0 Å². The van der Waals surface area contributed by atoms with Crippen LogP contribution in [-0.2, 0) is 4.74 Å². The number of hydrogen-bond acceptors (Lipinski definition) is 4. The van der Waals surface area contributed by atoms with Gasteiger partial charge in [-0.2, -0.15) is 0 Å². The van der Waals surface area contributed by atoms with E-state index in [1.165, 1.54) is 25.7 Å². The van der Waals surface area contributed by atoms with Gasteiger partial charge in [0.15, 0.2) is 5.17 Å². The molecule has 2 heterocycles. The lowest BCUT2D eigenvalue weighted by Gasteiger charge is -2.23. The van der Waals surface area contributed by atoms with Crippen molar-refractivity contribution in [2.75, 3.05) is 19.7 Å². The van der Waals surface area contributed by atoms with Crippen LogP contribution in [0.2, 0.25) is 0 Å². The lowest BCUT2D eigenvalue weighted by molar-refractivity contribution is 0.0197. The average Bonchev–Trinajstić information content (AvgIpc) is 2.73. The van der Waals surface area contributed by atoms with Gasteiger partial charge in [-0.05, 0) is 31.1 Å². The molecule has 2 unspecified atom stereocenters. The second-order valence-electron chi connectivity index (χ2n) is 6.52. The predicted octanol–water partition coefficient (Wildman–Crippen LogP) is 3.05. The summed E-state index contributed by atoms with van der Waals surface area (Å²) in [5, 5.41) is 5.23. The van der Waals surface area contributed by atoms with Crippen molar-refractivity contribution in [1.82, 2.24) is 5.32 Å². The minimum absolute atomic E-state index is 0.392. The Kier molecular flexibility index (Phi) is 4.96. The Morgan fingerprint density at radius 3 is 2.89 bits per heavy atom. The number of ether oxygens (including phenoxy) is 1. The van der Waals surface area contributed by atoms with Crippen molar-refractivity contribution in [3.8, 4) is 0 Å². The van der Waals surface area contributed by atoms with E-state index in [0.717, 1.165) is 24.9 Å². The second-order valence-corrected chi connectivity index (χ2v) is 7.81. The molecule has 4 heteroatoms. The van der Waals surface area contributed by atoms with E-state index in [2.05, 4.69) is 31.1 Å². The van der Waals surface area contributed by atoms with Crippen LogP contribution in [0.4, 0.5) is 0 Å². The maximum absolute atomic E-state index is 5.72. The Morgan fingerprint density at radius 1 is 1.39 bits per heavy atom. The summed E-state index contributed by atoms with van der Waals surface area (Å²) < 4.78 is 5.72. The highest BCUT2D eigenvalue weighted by Gasteiger charge is 2.25. The molecule has 0 saturated carbocycles. The zero-order valence-corrected chi connectivity index (χ0v) is 12.7. The van der Waals surface area contributed by atoms with E-state index >= 15 is 0 Å². The number of nitrogens with zero attached hydrogens (tertiary/aromatic N) is 1. The molecule has 0 aromatic heterocycles. The number of aliphatic imine (C=N–C) groups is 1. The minimum atomic E-state index is 0.392. The van der Waals surface area contributed by atoms with Crippen LogP contribution >= 0.6 is 11.8 Å². The number of nitrogens with one attached hydrogen (secondary N) is 1. The molecule has 18 heavy (non-hydrogen) atoms. The zero-order chi connectivity index (χ0) is 13.0. The third kappa shape index (κ3) is 4.81. The molecule has 1 saturated heterocycles. The van der Waals surface area contributed by atoms with E-state index in [-0.39, 0.29) is 0 Å². The number of hydrogen-bond donors (Lipinski definition) is 1. The summed E-state index contributed by atoms with van der Waals surface area (Å²) in [6, 6.07) is 0. The van der Waals surface area contributed by atoms with Gasteiger partial charge in [-0.3, -0.25) is 4.99 Å². The molecular formula is C14H26N2OS.